The number of urea groups is 1. The van der Waals surface area contributed by atoms with E-state index in [2.05, 4.69) is 31.5 Å². The van der Waals surface area contributed by atoms with Crippen molar-refractivity contribution in [2.24, 2.45) is 0 Å². The fourth-order valence-corrected chi connectivity index (χ4v) is 4.28. The van der Waals surface area contributed by atoms with Gasteiger partial charge in [-0.15, -0.1) is 0 Å². The van der Waals surface area contributed by atoms with Crippen molar-refractivity contribution < 1.29 is 9.59 Å². The first-order chi connectivity index (χ1) is 15.5. The zero-order chi connectivity index (χ0) is 22.5. The number of piperazine rings is 1. The first kappa shape index (κ1) is 22.0. The van der Waals surface area contributed by atoms with E-state index in [1.807, 2.05) is 32.0 Å². The lowest BCUT2D eigenvalue weighted by Crippen LogP contribution is -2.46. The molecule has 0 radical (unpaired) electrons. The monoisotopic (exact) mass is 437 g/mol. The molecular formula is C23H31N7O2. The molecule has 2 aromatic heterocycles. The minimum absolute atomic E-state index is 0.165. The van der Waals surface area contributed by atoms with E-state index in [0.717, 1.165) is 68.5 Å². The van der Waals surface area contributed by atoms with Crippen LogP contribution in [0, 0.1) is 6.92 Å². The van der Waals surface area contributed by atoms with Crippen molar-refractivity contribution in [3.8, 4) is 0 Å². The summed E-state index contributed by atoms with van der Waals surface area (Å²) in [6, 6.07) is 7.74. The van der Waals surface area contributed by atoms with Gasteiger partial charge in [-0.1, -0.05) is 0 Å². The van der Waals surface area contributed by atoms with Crippen molar-refractivity contribution in [1.29, 1.82) is 0 Å². The highest BCUT2D eigenvalue weighted by Gasteiger charge is 2.24. The van der Waals surface area contributed by atoms with Crippen molar-refractivity contribution in [3.05, 3.63) is 41.7 Å². The maximum absolute atomic E-state index is 12.0. The number of hydrogen-bond donors (Lipinski definition) is 2. The molecule has 0 atom stereocenters. The van der Waals surface area contributed by atoms with Gasteiger partial charge in [0.05, 0.1) is 11.4 Å². The molecule has 2 aromatic rings. The van der Waals surface area contributed by atoms with E-state index in [1.54, 1.807) is 11.1 Å². The van der Waals surface area contributed by atoms with E-state index in [1.165, 1.54) is 0 Å². The van der Waals surface area contributed by atoms with Gasteiger partial charge in [-0.3, -0.25) is 19.9 Å². The van der Waals surface area contributed by atoms with Crippen LogP contribution in [0.25, 0.3) is 0 Å². The smallest absolute Gasteiger partial charge is 0.320 e. The molecule has 4 rings (SSSR count). The molecule has 2 saturated heterocycles. The van der Waals surface area contributed by atoms with Crippen LogP contribution < -0.4 is 20.4 Å². The molecule has 170 valence electrons. The normalized spacial score (nSPS) is 17.0. The highest BCUT2D eigenvalue weighted by molar-refractivity contribution is 5.94. The summed E-state index contributed by atoms with van der Waals surface area (Å²) in [4.78, 5) is 39.2. The van der Waals surface area contributed by atoms with Crippen LogP contribution in [0.2, 0.25) is 0 Å². The fourth-order valence-electron chi connectivity index (χ4n) is 4.28. The number of carbonyl (C=O) groups excluding carboxylic acids is 2. The van der Waals surface area contributed by atoms with E-state index in [-0.39, 0.29) is 11.9 Å². The standard InChI is InChI=1S/C23H31N7O2/c1-3-24-23(32)27-20-15-18(8-9-25-20)16-28-11-13-29(14-12-28)19-6-7-21(26-17(19)2)30-10-4-5-22(30)31/h6-9,15H,3-5,10-14,16H2,1-2H3,(H2,24,25,27,32). The SMILES string of the molecule is CCNC(=O)Nc1cc(CN2CCN(c3ccc(N4CCCC4=O)nc3C)CC2)ccn1. The van der Waals surface area contributed by atoms with Gasteiger partial charge in [0, 0.05) is 58.4 Å². The van der Waals surface area contributed by atoms with Gasteiger partial charge in [0.1, 0.15) is 11.6 Å². The van der Waals surface area contributed by atoms with Crippen LogP contribution in [0.15, 0.2) is 30.5 Å². The number of anilines is 3. The largest absolute Gasteiger partial charge is 0.368 e. The van der Waals surface area contributed by atoms with Gasteiger partial charge in [-0.25, -0.2) is 14.8 Å². The van der Waals surface area contributed by atoms with E-state index in [0.29, 0.717) is 18.8 Å². The van der Waals surface area contributed by atoms with Gasteiger partial charge in [0.15, 0.2) is 0 Å². The number of rotatable bonds is 6. The molecule has 0 unspecified atom stereocenters. The molecular weight excluding hydrogens is 406 g/mol. The summed E-state index contributed by atoms with van der Waals surface area (Å²) < 4.78 is 0. The van der Waals surface area contributed by atoms with Crippen molar-refractivity contribution in [3.63, 3.8) is 0 Å². The molecule has 9 nitrogen and oxygen atoms in total. The Morgan fingerprint density at radius 3 is 2.62 bits per heavy atom. The minimum Gasteiger partial charge on any atom is -0.368 e. The summed E-state index contributed by atoms with van der Waals surface area (Å²) in [6.45, 7) is 9.76. The van der Waals surface area contributed by atoms with E-state index in [4.69, 9.17) is 4.98 Å². The van der Waals surface area contributed by atoms with Crippen molar-refractivity contribution in [2.45, 2.75) is 33.2 Å². The maximum atomic E-state index is 12.0. The van der Waals surface area contributed by atoms with Crippen LogP contribution in [-0.4, -0.2) is 66.1 Å². The Balaban J connectivity index is 1.33. The highest BCUT2D eigenvalue weighted by atomic mass is 16.2. The van der Waals surface area contributed by atoms with Crippen LogP contribution in [0.4, 0.5) is 22.1 Å². The predicted molar refractivity (Wildman–Crippen MR) is 125 cm³/mol. The summed E-state index contributed by atoms with van der Waals surface area (Å²) in [6.07, 6.45) is 3.25. The molecule has 3 amide bonds. The minimum atomic E-state index is -0.241. The molecule has 32 heavy (non-hydrogen) atoms. The number of carbonyl (C=O) groups is 2. The second kappa shape index (κ2) is 9.95. The first-order valence-electron chi connectivity index (χ1n) is 11.3. The maximum Gasteiger partial charge on any atom is 0.320 e. The Morgan fingerprint density at radius 1 is 1.12 bits per heavy atom. The third-order valence-corrected chi connectivity index (χ3v) is 5.92. The lowest BCUT2D eigenvalue weighted by Gasteiger charge is -2.36. The highest BCUT2D eigenvalue weighted by Crippen LogP contribution is 2.26. The zero-order valence-electron chi connectivity index (χ0n) is 18.8. The number of hydrogen-bond acceptors (Lipinski definition) is 6. The summed E-state index contributed by atoms with van der Waals surface area (Å²) in [5.74, 6) is 1.49. The zero-order valence-corrected chi connectivity index (χ0v) is 18.8. The van der Waals surface area contributed by atoms with Crippen LogP contribution in [0.1, 0.15) is 31.0 Å². The third-order valence-electron chi connectivity index (χ3n) is 5.92. The van der Waals surface area contributed by atoms with E-state index < -0.39 is 0 Å². The molecule has 2 aliphatic heterocycles. The van der Waals surface area contributed by atoms with E-state index >= 15 is 0 Å². The lowest BCUT2D eigenvalue weighted by atomic mass is 10.2. The van der Waals surface area contributed by atoms with Gasteiger partial charge in [-0.2, -0.15) is 0 Å². The third kappa shape index (κ3) is 5.16. The lowest BCUT2D eigenvalue weighted by molar-refractivity contribution is -0.117. The summed E-state index contributed by atoms with van der Waals surface area (Å²) in [5.41, 5.74) is 3.22. The average molecular weight is 438 g/mol. The van der Waals surface area contributed by atoms with Gasteiger partial charge in [0.25, 0.3) is 0 Å². The number of nitrogens with one attached hydrogen (secondary N) is 2. The number of aryl methyl sites for hydroxylation is 1. The summed E-state index contributed by atoms with van der Waals surface area (Å²) >= 11 is 0. The van der Waals surface area contributed by atoms with Crippen molar-refractivity contribution >= 4 is 29.3 Å². The predicted octanol–water partition coefficient (Wildman–Crippen LogP) is 2.38. The van der Waals surface area contributed by atoms with Crippen LogP contribution in [0.5, 0.6) is 0 Å². The topological polar surface area (TPSA) is 93.7 Å². The molecule has 0 aromatic carbocycles. The Labute approximate surface area is 188 Å². The second-order valence-electron chi connectivity index (χ2n) is 8.22. The van der Waals surface area contributed by atoms with Gasteiger partial charge < -0.3 is 10.2 Å². The molecule has 0 bridgehead atoms. The average Bonchev–Trinajstić information content (AvgIpc) is 3.21. The van der Waals surface area contributed by atoms with E-state index in [9.17, 15) is 9.59 Å². The number of amides is 3. The molecule has 0 aliphatic carbocycles. The summed E-state index contributed by atoms with van der Waals surface area (Å²) in [5, 5.41) is 5.47. The van der Waals surface area contributed by atoms with Gasteiger partial charge in [-0.05, 0) is 50.1 Å². The Morgan fingerprint density at radius 2 is 1.94 bits per heavy atom. The molecule has 0 spiro atoms. The quantitative estimate of drug-likeness (QED) is 0.721. The Kier molecular flexibility index (Phi) is 6.84. The first-order valence-corrected chi connectivity index (χ1v) is 11.3. The Bertz CT molecular complexity index is 973. The van der Waals surface area contributed by atoms with Crippen molar-refractivity contribution in [2.75, 3.05) is 54.4 Å². The van der Waals surface area contributed by atoms with Crippen LogP contribution >= 0.6 is 0 Å². The van der Waals surface area contributed by atoms with Gasteiger partial charge >= 0.3 is 6.03 Å². The molecule has 2 N–H and O–H groups in total. The number of pyridine rings is 2. The number of nitrogens with zero attached hydrogens (tertiary/aromatic N) is 5. The second-order valence-corrected chi connectivity index (χ2v) is 8.22. The molecule has 0 saturated carbocycles. The summed E-state index contributed by atoms with van der Waals surface area (Å²) in [7, 11) is 0. The molecule has 2 aliphatic rings. The van der Waals surface area contributed by atoms with Crippen molar-refractivity contribution in [1.82, 2.24) is 20.2 Å². The Hall–Kier alpha value is -3.20. The molecule has 4 heterocycles. The van der Waals surface area contributed by atoms with Crippen LogP contribution in [-0.2, 0) is 11.3 Å². The number of aromatic nitrogens is 2. The van der Waals surface area contributed by atoms with Gasteiger partial charge in [0.2, 0.25) is 5.91 Å². The van der Waals surface area contributed by atoms with Crippen LogP contribution in [0.3, 0.4) is 0 Å². The molecule has 2 fully saturated rings. The molecule has 9 heteroatoms. The fraction of sp³-hybridized carbons (Fsp3) is 0.478.